The van der Waals surface area contributed by atoms with E-state index in [1.165, 1.54) is 12.1 Å². The summed E-state index contributed by atoms with van der Waals surface area (Å²) >= 11 is 0. The van der Waals surface area contributed by atoms with Crippen LogP contribution in [0.1, 0.15) is 23.1 Å². The Balaban J connectivity index is 1.55. The Bertz CT molecular complexity index is 965. The molecule has 29 heavy (non-hydrogen) atoms. The highest BCUT2D eigenvalue weighted by molar-refractivity contribution is 5.91. The zero-order chi connectivity index (χ0) is 20.9. The van der Waals surface area contributed by atoms with E-state index in [1.54, 1.807) is 12.1 Å². The Morgan fingerprint density at radius 3 is 2.17 bits per heavy atom. The summed E-state index contributed by atoms with van der Waals surface area (Å²) < 4.78 is 37.7. The number of hydrogen-bond acceptors (Lipinski definition) is 2. The minimum Gasteiger partial charge on any atom is -0.392 e. The van der Waals surface area contributed by atoms with Crippen molar-refractivity contribution in [3.63, 3.8) is 0 Å². The van der Waals surface area contributed by atoms with Gasteiger partial charge in [0, 0.05) is 12.1 Å². The number of hydrogen-bond donors (Lipinski definition) is 2. The lowest BCUT2D eigenvalue weighted by molar-refractivity contribution is -0.137. The number of alkyl halides is 3. The molecule has 3 rings (SSSR count). The summed E-state index contributed by atoms with van der Waals surface area (Å²) in [6, 6.07) is 19.7. The molecule has 150 valence electrons. The number of anilines is 1. The fourth-order valence-corrected chi connectivity index (χ4v) is 2.94. The second kappa shape index (κ2) is 8.92. The lowest BCUT2D eigenvalue weighted by Gasteiger charge is -2.09. The number of benzene rings is 3. The number of aliphatic hydroxyl groups is 1. The van der Waals surface area contributed by atoms with Gasteiger partial charge in [-0.3, -0.25) is 4.79 Å². The number of aryl methyl sites for hydroxylation is 1. The predicted molar refractivity (Wildman–Crippen MR) is 106 cm³/mol. The molecule has 3 aromatic rings. The molecule has 0 fully saturated rings. The molecular formula is C23H20F3NO2. The molecule has 0 bridgehead atoms. The van der Waals surface area contributed by atoms with E-state index in [4.69, 9.17) is 0 Å². The SMILES string of the molecule is O=C(CCc1ccc(C(F)(F)F)cc1)Nc1ccc(-c2cccc(CO)c2)cc1. The molecule has 3 aromatic carbocycles. The van der Waals surface area contributed by atoms with E-state index in [1.807, 2.05) is 36.4 Å². The number of rotatable bonds is 6. The van der Waals surface area contributed by atoms with Crippen molar-refractivity contribution >= 4 is 11.6 Å². The molecule has 0 unspecified atom stereocenters. The molecule has 0 saturated heterocycles. The second-order valence-corrected chi connectivity index (χ2v) is 6.68. The maximum Gasteiger partial charge on any atom is 0.416 e. The number of carbonyl (C=O) groups is 1. The highest BCUT2D eigenvalue weighted by Crippen LogP contribution is 2.29. The Morgan fingerprint density at radius 2 is 1.55 bits per heavy atom. The summed E-state index contributed by atoms with van der Waals surface area (Å²) in [4.78, 5) is 12.1. The third-order valence-electron chi connectivity index (χ3n) is 4.53. The average molecular weight is 399 g/mol. The van der Waals surface area contributed by atoms with Gasteiger partial charge in [0.25, 0.3) is 0 Å². The van der Waals surface area contributed by atoms with Gasteiger partial charge in [-0.15, -0.1) is 0 Å². The quantitative estimate of drug-likeness (QED) is 0.580. The summed E-state index contributed by atoms with van der Waals surface area (Å²) in [6.45, 7) is -0.0269. The van der Waals surface area contributed by atoms with E-state index in [9.17, 15) is 23.1 Å². The Labute approximate surface area is 166 Å². The van der Waals surface area contributed by atoms with Crippen LogP contribution in [0.2, 0.25) is 0 Å². The molecule has 0 aromatic heterocycles. The maximum atomic E-state index is 12.6. The van der Waals surface area contributed by atoms with Gasteiger partial charge in [0.2, 0.25) is 5.91 Å². The molecule has 0 radical (unpaired) electrons. The van der Waals surface area contributed by atoms with Crippen molar-refractivity contribution in [1.82, 2.24) is 0 Å². The van der Waals surface area contributed by atoms with E-state index >= 15 is 0 Å². The first-order chi connectivity index (χ1) is 13.8. The second-order valence-electron chi connectivity index (χ2n) is 6.68. The standard InChI is InChI=1S/C23H20F3NO2/c24-23(25,26)20-9-4-16(5-10-20)6-13-22(29)27-21-11-7-18(8-12-21)19-3-1-2-17(14-19)15-28/h1-5,7-12,14,28H,6,13,15H2,(H,27,29). The number of carbonyl (C=O) groups excluding carboxylic acids is 1. The fourth-order valence-electron chi connectivity index (χ4n) is 2.94. The lowest BCUT2D eigenvalue weighted by atomic mass is 10.0. The van der Waals surface area contributed by atoms with Crippen molar-refractivity contribution in [3.05, 3.63) is 89.5 Å². The van der Waals surface area contributed by atoms with Crippen LogP contribution in [0.3, 0.4) is 0 Å². The monoisotopic (exact) mass is 399 g/mol. The summed E-state index contributed by atoms with van der Waals surface area (Å²) in [5, 5.41) is 12.0. The fraction of sp³-hybridized carbons (Fsp3) is 0.174. The number of amides is 1. The zero-order valence-electron chi connectivity index (χ0n) is 15.5. The van der Waals surface area contributed by atoms with E-state index in [0.717, 1.165) is 28.8 Å². The summed E-state index contributed by atoms with van der Waals surface area (Å²) in [5.41, 5.74) is 3.37. The van der Waals surface area contributed by atoms with Gasteiger partial charge in [-0.2, -0.15) is 13.2 Å². The van der Waals surface area contributed by atoms with Gasteiger partial charge in [-0.1, -0.05) is 42.5 Å². The van der Waals surface area contributed by atoms with Crippen molar-refractivity contribution in [2.45, 2.75) is 25.6 Å². The van der Waals surface area contributed by atoms with Crippen LogP contribution >= 0.6 is 0 Å². The molecule has 3 nitrogen and oxygen atoms in total. The largest absolute Gasteiger partial charge is 0.416 e. The van der Waals surface area contributed by atoms with Gasteiger partial charge in [-0.25, -0.2) is 0 Å². The van der Waals surface area contributed by atoms with Crippen LogP contribution in [0.25, 0.3) is 11.1 Å². The first-order valence-corrected chi connectivity index (χ1v) is 9.11. The Morgan fingerprint density at radius 1 is 0.862 bits per heavy atom. The van der Waals surface area contributed by atoms with Gasteiger partial charge < -0.3 is 10.4 Å². The summed E-state index contributed by atoms with van der Waals surface area (Å²) in [6.07, 6.45) is -3.83. The first-order valence-electron chi connectivity index (χ1n) is 9.11. The lowest BCUT2D eigenvalue weighted by Crippen LogP contribution is -2.12. The molecule has 1 amide bonds. The van der Waals surface area contributed by atoms with Crippen LogP contribution in [0.4, 0.5) is 18.9 Å². The van der Waals surface area contributed by atoms with Crippen molar-refractivity contribution in [2.75, 3.05) is 5.32 Å². The predicted octanol–water partition coefficient (Wildman–Crippen LogP) is 5.44. The number of aliphatic hydroxyl groups excluding tert-OH is 1. The molecule has 0 saturated carbocycles. The molecule has 0 heterocycles. The minimum absolute atomic E-state index is 0.0269. The van der Waals surface area contributed by atoms with Crippen LogP contribution in [0.15, 0.2) is 72.8 Å². The van der Waals surface area contributed by atoms with Gasteiger partial charge in [0.15, 0.2) is 0 Å². The van der Waals surface area contributed by atoms with Crippen LogP contribution < -0.4 is 5.32 Å². The Hall–Kier alpha value is -3.12. The normalized spacial score (nSPS) is 11.3. The van der Waals surface area contributed by atoms with Crippen molar-refractivity contribution in [1.29, 1.82) is 0 Å². The molecule has 0 spiro atoms. The van der Waals surface area contributed by atoms with Crippen LogP contribution in [-0.2, 0) is 24.0 Å². The Kier molecular flexibility index (Phi) is 6.34. The zero-order valence-corrected chi connectivity index (χ0v) is 15.5. The maximum absolute atomic E-state index is 12.6. The molecule has 0 aliphatic rings. The smallest absolute Gasteiger partial charge is 0.392 e. The highest BCUT2D eigenvalue weighted by Gasteiger charge is 2.29. The van der Waals surface area contributed by atoms with Gasteiger partial charge in [0.1, 0.15) is 0 Å². The highest BCUT2D eigenvalue weighted by atomic mass is 19.4. The van der Waals surface area contributed by atoms with E-state index in [0.29, 0.717) is 17.7 Å². The molecule has 0 aliphatic carbocycles. The van der Waals surface area contributed by atoms with Crippen molar-refractivity contribution < 1.29 is 23.1 Å². The minimum atomic E-state index is -4.36. The van der Waals surface area contributed by atoms with Crippen molar-refractivity contribution in [2.24, 2.45) is 0 Å². The first kappa shape index (κ1) is 20.6. The molecular weight excluding hydrogens is 379 g/mol. The molecule has 6 heteroatoms. The third-order valence-corrected chi connectivity index (χ3v) is 4.53. The van der Waals surface area contributed by atoms with E-state index in [2.05, 4.69) is 5.32 Å². The van der Waals surface area contributed by atoms with Gasteiger partial charge in [-0.05, 0) is 59.0 Å². The van der Waals surface area contributed by atoms with Crippen molar-refractivity contribution in [3.8, 4) is 11.1 Å². The number of halogens is 3. The topological polar surface area (TPSA) is 49.3 Å². The number of nitrogens with one attached hydrogen (secondary N) is 1. The molecule has 0 aliphatic heterocycles. The molecule has 0 atom stereocenters. The third kappa shape index (κ3) is 5.68. The van der Waals surface area contributed by atoms with Crippen LogP contribution in [0.5, 0.6) is 0 Å². The summed E-state index contributed by atoms with van der Waals surface area (Å²) in [7, 11) is 0. The van der Waals surface area contributed by atoms with Crippen LogP contribution in [-0.4, -0.2) is 11.0 Å². The van der Waals surface area contributed by atoms with Gasteiger partial charge in [0.05, 0.1) is 12.2 Å². The van der Waals surface area contributed by atoms with Crippen LogP contribution in [0, 0.1) is 0 Å². The van der Waals surface area contributed by atoms with Gasteiger partial charge >= 0.3 is 6.18 Å². The van der Waals surface area contributed by atoms with E-state index < -0.39 is 11.7 Å². The average Bonchev–Trinajstić information content (AvgIpc) is 2.72. The van der Waals surface area contributed by atoms with E-state index in [-0.39, 0.29) is 18.9 Å². The molecule has 2 N–H and O–H groups in total. The summed E-state index contributed by atoms with van der Waals surface area (Å²) in [5.74, 6) is -0.208.